The Morgan fingerprint density at radius 2 is 0.922 bits per heavy atom. The molecule has 0 atom stereocenters. The first-order valence-electron chi connectivity index (χ1n) is 41.5. The van der Waals surface area contributed by atoms with E-state index < -0.39 is 75.7 Å². The number of aromatic nitrogens is 7. The molecule has 0 unspecified atom stereocenters. The quantitative estimate of drug-likeness (QED) is 0.00731. The molecule has 38 nitrogen and oxygen atoms in total. The third kappa shape index (κ3) is 28.1. The number of H-pyrrole nitrogens is 2. The minimum atomic E-state index is -4.52. The molecule has 0 radical (unpaired) electrons. The monoisotopic (exact) mass is 1820 g/mol. The van der Waals surface area contributed by atoms with E-state index in [1.54, 1.807) is 118 Å². The van der Waals surface area contributed by atoms with Crippen LogP contribution < -0.4 is 47.0 Å². The molecule has 0 fully saturated rings. The summed E-state index contributed by atoms with van der Waals surface area (Å²) in [4.78, 5) is 114. The van der Waals surface area contributed by atoms with Crippen molar-refractivity contribution >= 4 is 117 Å². The third-order valence-corrected chi connectivity index (χ3v) is 24.4. The first-order valence-corrected chi connectivity index (χ1v) is 45.9. The number of sulfonamides is 2. The number of anilines is 5. The number of aromatic amines is 2. The van der Waals surface area contributed by atoms with Crippen molar-refractivity contribution in [1.29, 1.82) is 0 Å². The van der Waals surface area contributed by atoms with Gasteiger partial charge in [0.1, 0.15) is 33.5 Å². The molecule has 5 aromatic heterocycles. The zero-order chi connectivity index (χ0) is 91.9. The van der Waals surface area contributed by atoms with Gasteiger partial charge in [-0.15, -0.1) is 0 Å². The first-order chi connectivity index (χ1) is 61.4. The number of rotatable bonds is 55. The molecular weight excluding hydrogens is 1720 g/mol. The molecule has 0 aliphatic heterocycles. The molecule has 3 amide bonds. The fourth-order valence-corrected chi connectivity index (χ4v) is 18.3. The van der Waals surface area contributed by atoms with Gasteiger partial charge < -0.3 is 83.9 Å². The van der Waals surface area contributed by atoms with Crippen LogP contribution in [0.2, 0.25) is 0 Å². The number of carboxylic acids is 2. The van der Waals surface area contributed by atoms with E-state index in [2.05, 4.69) is 66.2 Å². The van der Waals surface area contributed by atoms with Gasteiger partial charge in [-0.2, -0.15) is 13.5 Å². The smallest absolute Gasteiger partial charge is 0.343 e. The summed E-state index contributed by atoms with van der Waals surface area (Å²) in [5, 5.41) is 37.1. The van der Waals surface area contributed by atoms with E-state index in [-0.39, 0.29) is 202 Å². The molecule has 686 valence electrons. The molecule has 5 heterocycles. The predicted molar refractivity (Wildman–Crippen MR) is 481 cm³/mol. The summed E-state index contributed by atoms with van der Waals surface area (Å²) in [5.74, 6) is -3.75. The van der Waals surface area contributed by atoms with Crippen molar-refractivity contribution in [2.24, 2.45) is 5.10 Å². The number of hydrogen-bond acceptors (Lipinski definition) is 26. The summed E-state index contributed by atoms with van der Waals surface area (Å²) in [6.45, 7) is 14.6. The van der Waals surface area contributed by atoms with Gasteiger partial charge in [-0.3, -0.25) is 43.4 Å². The SMILES string of the molecule is Cc1cc(C)c(S(=O)(=O)Nc2c(C(=O)O)c(=O)c3ccc(CNc4ncc[nH]4)cc3n2CCCNC(=O)CCCOCCOCCOCCCN(CCCOCCOCCOCCCC(=O)NCCCn2c(NS(=O)(=O)c3c(C)cc(C)cc3C)c(C(=O)O)c(=O)c3ccc(CNc4ncc[nH]4)cc32)C(=O)c2ccc(N/N=C\c3ccccc3S(=O)(=O)O)nc2)c(C)c1. The topological polar surface area (TPSA) is 518 Å². The van der Waals surface area contributed by atoms with Crippen LogP contribution in [0.25, 0.3) is 21.8 Å². The normalized spacial score (nSPS) is 11.8. The van der Waals surface area contributed by atoms with E-state index in [0.717, 1.165) is 11.1 Å². The maximum absolute atomic E-state index is 14.2. The van der Waals surface area contributed by atoms with Gasteiger partial charge in [0.2, 0.25) is 22.7 Å². The Morgan fingerprint density at radius 3 is 1.31 bits per heavy atom. The second-order valence-electron chi connectivity index (χ2n) is 30.1. The Labute approximate surface area is 740 Å². The van der Waals surface area contributed by atoms with Crippen LogP contribution in [0, 0.1) is 41.5 Å². The largest absolute Gasteiger partial charge is 0.477 e. The molecule has 0 aliphatic rings. The summed E-state index contributed by atoms with van der Waals surface area (Å²) in [5.41, 5.74) is 5.11. The highest BCUT2D eigenvalue weighted by molar-refractivity contribution is 7.93. The van der Waals surface area contributed by atoms with Gasteiger partial charge in [0.05, 0.1) is 85.5 Å². The molecule has 5 aromatic carbocycles. The maximum atomic E-state index is 14.2. The lowest BCUT2D eigenvalue weighted by atomic mass is 10.1. The summed E-state index contributed by atoms with van der Waals surface area (Å²) in [6.07, 6.45) is 11.4. The lowest BCUT2D eigenvalue weighted by Crippen LogP contribution is -2.34. The highest BCUT2D eigenvalue weighted by Gasteiger charge is 2.32. The van der Waals surface area contributed by atoms with E-state index in [1.807, 2.05) is 13.8 Å². The molecule has 0 saturated heterocycles. The number of pyridine rings is 3. The van der Waals surface area contributed by atoms with Crippen molar-refractivity contribution in [3.8, 4) is 0 Å². The Bertz CT molecular complexity index is 5700. The lowest BCUT2D eigenvalue weighted by molar-refractivity contribution is -0.122. The second-order valence-corrected chi connectivity index (χ2v) is 34.7. The number of aromatic carboxylic acids is 2. The zero-order valence-electron chi connectivity index (χ0n) is 72.0. The van der Waals surface area contributed by atoms with Crippen molar-refractivity contribution in [3.05, 3.63) is 215 Å². The number of carbonyl (C=O) groups excluding carboxylic acids is 3. The van der Waals surface area contributed by atoms with Gasteiger partial charge in [-0.25, -0.2) is 41.4 Å². The Kier molecular flexibility index (Phi) is 36.3. The van der Waals surface area contributed by atoms with Gasteiger partial charge in [0.15, 0.2) is 11.9 Å². The highest BCUT2D eigenvalue weighted by atomic mass is 32.2. The molecule has 0 aliphatic carbocycles. The van der Waals surface area contributed by atoms with Crippen LogP contribution in [-0.4, -0.2) is 220 Å². The first kappa shape index (κ1) is 97.9. The number of fused-ring (bicyclic) bond motifs is 2. The van der Waals surface area contributed by atoms with E-state index in [9.17, 15) is 73.6 Å². The van der Waals surface area contributed by atoms with Crippen molar-refractivity contribution in [2.75, 3.05) is 131 Å². The standard InChI is InChI=1S/C87H108N16O22S3/c1-57-47-59(3)79(60(4)48-57)126(113,114)99-81-75(84(109)110)77(106)67-22-19-63(53-95-86-90-27-28-91-86)51-69(67)102(81)33-11-25-88-73(104)17-9-35-120-39-43-124-45-41-122-37-13-31-101(83(108)66-21-24-72(94-55-66)98-97-56-65-15-7-8-16-71(65)128(117,118)119)32-14-38-123-42-46-125-44-40-121-36-10-18-74(105)89-26-12-34-103-70-52-64(54-96-87-92-29-30-93-87)20-23-68(70)78(107)76(85(111)112)82(103)100-127(115,116)80-61(5)49-58(2)50-62(80)6/h7-8,15-16,19-24,27-30,47-52,55-56,99-100H,9-14,17-18,25-26,31-46,53-54H2,1-6H3,(H,88,104)(H,89,105)(H,94,98)(H,109,110)(H,111,112)(H2,90,91,95)(H2,92,93,96)(H,117,118,119)/b97-56-. The molecular formula is C87H108N16O22S3. The van der Waals surface area contributed by atoms with Crippen molar-refractivity contribution in [1.82, 2.24) is 49.6 Å². The number of benzene rings is 5. The van der Waals surface area contributed by atoms with Gasteiger partial charge in [-0.05, 0) is 156 Å². The van der Waals surface area contributed by atoms with Gasteiger partial charge in [0, 0.05) is 139 Å². The Morgan fingerprint density at radius 1 is 0.508 bits per heavy atom. The maximum Gasteiger partial charge on any atom is 0.343 e. The second kappa shape index (κ2) is 47.5. The molecule has 12 N–H and O–H groups in total. The molecule has 10 rings (SSSR count). The molecule has 0 spiro atoms. The van der Waals surface area contributed by atoms with Gasteiger partial charge in [0.25, 0.3) is 36.1 Å². The fraction of sp³-hybridized carbons (Fsp3) is 0.391. The number of aryl methyl sites for hydroxylation is 8. The van der Waals surface area contributed by atoms with Crippen LogP contribution in [-0.2, 0) is 94.4 Å². The minimum absolute atomic E-state index is 0.00585. The van der Waals surface area contributed by atoms with Gasteiger partial charge in [-0.1, -0.05) is 65.7 Å². The van der Waals surface area contributed by atoms with Gasteiger partial charge >= 0.3 is 11.9 Å². The third-order valence-electron chi connectivity index (χ3n) is 20.2. The molecule has 0 bridgehead atoms. The summed E-state index contributed by atoms with van der Waals surface area (Å²) in [6, 6.07) is 25.3. The fourth-order valence-electron chi connectivity index (χ4n) is 14.6. The Hall–Kier alpha value is -12.3. The number of carboxylic acid groups (broad SMARTS) is 2. The van der Waals surface area contributed by atoms with Crippen LogP contribution in [0.4, 0.5) is 29.4 Å². The average molecular weight is 1830 g/mol. The van der Waals surface area contributed by atoms with Crippen LogP contribution in [0.15, 0.2) is 157 Å². The van der Waals surface area contributed by atoms with E-state index in [1.165, 1.54) is 57.9 Å². The predicted octanol–water partition coefficient (Wildman–Crippen LogP) is 9.22. The van der Waals surface area contributed by atoms with Crippen LogP contribution in [0.5, 0.6) is 0 Å². The van der Waals surface area contributed by atoms with Crippen molar-refractivity contribution < 1.29 is 92.4 Å². The molecule has 41 heteroatoms. The summed E-state index contributed by atoms with van der Waals surface area (Å²) < 4.78 is 133. The zero-order valence-corrected chi connectivity index (χ0v) is 74.4. The van der Waals surface area contributed by atoms with Crippen LogP contribution >= 0.6 is 0 Å². The van der Waals surface area contributed by atoms with Crippen molar-refractivity contribution in [2.45, 2.75) is 134 Å². The molecule has 10 aromatic rings. The number of nitrogens with zero attached hydrogens (tertiary/aromatic N) is 7. The number of hydrazone groups is 1. The lowest BCUT2D eigenvalue weighted by Gasteiger charge is -2.23. The van der Waals surface area contributed by atoms with E-state index in [0.29, 0.717) is 97.3 Å². The number of carbonyl (C=O) groups is 5. The summed E-state index contributed by atoms with van der Waals surface area (Å²) in [7, 11) is -13.4. The van der Waals surface area contributed by atoms with Crippen LogP contribution in [0.3, 0.4) is 0 Å². The molecule has 128 heavy (non-hydrogen) atoms. The number of imidazole rings is 2. The summed E-state index contributed by atoms with van der Waals surface area (Å²) >= 11 is 0. The average Bonchev–Trinajstić information content (AvgIpc) is 0.820. The Balaban J connectivity index is 0.620. The molecule has 0 saturated carbocycles. The van der Waals surface area contributed by atoms with Crippen molar-refractivity contribution in [3.63, 3.8) is 0 Å². The minimum Gasteiger partial charge on any atom is -0.477 e. The van der Waals surface area contributed by atoms with Crippen LogP contribution in [0.1, 0.15) is 133 Å². The number of ether oxygens (including phenoxy) is 6. The van der Waals surface area contributed by atoms with E-state index in [4.69, 9.17) is 28.4 Å². The number of nitrogens with one attached hydrogen (secondary N) is 9. The number of hydrogen-bond donors (Lipinski definition) is 12. The highest BCUT2D eigenvalue weighted by Crippen LogP contribution is 2.32. The van der Waals surface area contributed by atoms with E-state index >= 15 is 0 Å². The number of amides is 3.